The molecule has 0 bridgehead atoms. The van der Waals surface area contributed by atoms with Gasteiger partial charge < -0.3 is 44.9 Å². The van der Waals surface area contributed by atoms with Crippen LogP contribution in [-0.4, -0.2) is 104 Å². The molecule has 19 heteroatoms. The summed E-state index contributed by atoms with van der Waals surface area (Å²) in [4.78, 5) is 28.1. The van der Waals surface area contributed by atoms with Gasteiger partial charge in [0.25, 0.3) is 0 Å². The molecule has 1 aliphatic heterocycles. The van der Waals surface area contributed by atoms with Gasteiger partial charge in [-0.1, -0.05) is 29.8 Å². The van der Waals surface area contributed by atoms with Crippen molar-refractivity contribution in [2.24, 2.45) is 10.8 Å². The Hall–Kier alpha value is -3.47. The Morgan fingerprint density at radius 2 is 1.72 bits per heavy atom. The van der Waals surface area contributed by atoms with Crippen LogP contribution in [-0.2, 0) is 20.5 Å². The summed E-state index contributed by atoms with van der Waals surface area (Å²) in [5.74, 6) is -2.28. The van der Waals surface area contributed by atoms with Gasteiger partial charge in [-0.2, -0.15) is 5.10 Å². The molecule has 0 radical (unpaired) electrons. The van der Waals surface area contributed by atoms with Crippen LogP contribution in [0.4, 0.5) is 0 Å². The topological polar surface area (TPSA) is 223 Å². The van der Waals surface area contributed by atoms with E-state index in [0.29, 0.717) is 0 Å². The summed E-state index contributed by atoms with van der Waals surface area (Å²) in [5.41, 5.74) is 3.89. The summed E-state index contributed by atoms with van der Waals surface area (Å²) >= 11 is 12.1. The maximum absolute atomic E-state index is 14.6. The first-order valence-electron chi connectivity index (χ1n) is 18.0. The van der Waals surface area contributed by atoms with Crippen LogP contribution in [0.25, 0.3) is 0 Å². The van der Waals surface area contributed by atoms with E-state index in [1.165, 1.54) is 36.9 Å². The molecule has 7 unspecified atom stereocenters. The van der Waals surface area contributed by atoms with Crippen molar-refractivity contribution < 1.29 is 53.3 Å². The van der Waals surface area contributed by atoms with Crippen LogP contribution < -0.4 is 20.2 Å². The second-order valence-electron chi connectivity index (χ2n) is 14.1. The van der Waals surface area contributed by atoms with Gasteiger partial charge in [0.05, 0.1) is 47.8 Å². The van der Waals surface area contributed by atoms with Crippen LogP contribution in [0.2, 0.25) is 0 Å². The Bertz CT molecular complexity index is 2070. The lowest BCUT2D eigenvalue weighted by molar-refractivity contribution is -0.245. The Morgan fingerprint density at radius 3 is 2.33 bits per heavy atom. The number of ketones is 2. The average molecular weight is 872 g/mol. The number of hydrogen-bond acceptors (Lipinski definition) is 13. The summed E-state index contributed by atoms with van der Waals surface area (Å²) in [6.07, 6.45) is -4.89. The minimum atomic E-state index is -4.11. The number of benzene rings is 3. The van der Waals surface area contributed by atoms with E-state index < -0.39 is 84.5 Å². The summed E-state index contributed by atoms with van der Waals surface area (Å²) in [7, 11) is -2.77. The Balaban J connectivity index is 0.00000620. The molecule has 0 aromatic heterocycles. The Morgan fingerprint density at radius 1 is 1.07 bits per heavy atom. The maximum atomic E-state index is 14.6. The van der Waals surface area contributed by atoms with Crippen LogP contribution in [0.5, 0.6) is 23.0 Å². The number of nitrogens with two attached hydrogens (primary N) is 1. The minimum absolute atomic E-state index is 0. The van der Waals surface area contributed by atoms with Crippen LogP contribution in [0.3, 0.4) is 0 Å². The van der Waals surface area contributed by atoms with E-state index in [9.17, 15) is 34.6 Å². The molecule has 0 spiro atoms. The molecule has 57 heavy (non-hydrogen) atoms. The second-order valence-corrected chi connectivity index (χ2v) is 16.9. The van der Waals surface area contributed by atoms with Crippen LogP contribution in [0.1, 0.15) is 81.3 Å². The lowest BCUT2D eigenvalue weighted by Crippen LogP contribution is -2.52. The number of hydrazone groups is 1. The molecular formula is C38H46Cl3N4O11P. The van der Waals surface area contributed by atoms with Crippen molar-refractivity contribution >= 4 is 60.6 Å². The highest BCUT2D eigenvalue weighted by Gasteiger charge is 2.49. The molecule has 0 saturated carbocycles. The second kappa shape index (κ2) is 17.8. The molecule has 1 heterocycles. The summed E-state index contributed by atoms with van der Waals surface area (Å²) in [6.45, 7) is 5.15. The van der Waals surface area contributed by atoms with E-state index in [4.69, 9.17) is 47.7 Å². The first-order valence-corrected chi connectivity index (χ1v) is 20.6. The third-order valence-electron chi connectivity index (χ3n) is 10.5. The molecule has 7 N–H and O–H groups in total. The quantitative estimate of drug-likeness (QED) is 0.0338. The zero-order valence-corrected chi connectivity index (χ0v) is 34.8. The van der Waals surface area contributed by atoms with Crippen LogP contribution >= 0.6 is 43.3 Å². The van der Waals surface area contributed by atoms with Crippen molar-refractivity contribution in [2.45, 2.75) is 76.3 Å². The molecule has 0 amide bonds. The van der Waals surface area contributed by atoms with Gasteiger partial charge in [0.2, 0.25) is 5.78 Å². The predicted molar refractivity (Wildman–Crippen MR) is 216 cm³/mol. The fourth-order valence-corrected chi connectivity index (χ4v) is 9.70. The van der Waals surface area contributed by atoms with Gasteiger partial charge in [0, 0.05) is 66.8 Å². The average Bonchev–Trinajstić information content (AvgIpc) is 3.16. The SMILES string of the molecule is COc1cccc2c1C(=O)c1c(O)c3c(c(O)c1C2=O)CC(O)(/C(C)=N/NP(=O)(Oc1ccc(C)cc1)N(CCCl)CCCl)CC3OC1CC(N)C(O)C(C)O1.Cl. The number of hydrogen-bond donors (Lipinski definition) is 6. The lowest BCUT2D eigenvalue weighted by Gasteiger charge is -2.43. The fraction of sp³-hybridized carbons (Fsp3) is 0.447. The number of carbonyl (C=O) groups is 2. The van der Waals surface area contributed by atoms with Crippen molar-refractivity contribution in [1.29, 1.82) is 0 Å². The standard InChI is InChI=1S/C38H45Cl2N4O11P.ClH/c1-19-8-10-22(11-9-19)55-56(51,44(14-12-39)15-13-40)43-42-21(3)38(50)17-24-30(27(18-38)54-28-16-25(41)33(45)20(2)53-28)37(49)32-31(35(24)47)34(46)23-6-5-7-26(52-4)29(23)36(32)48;/h5-11,20,25,27-28,33,45,47,49-50H,12-18,41H2,1-4H3,(H,43,51);1H/b42-21+;. The van der Waals surface area contributed by atoms with Gasteiger partial charge in [0.15, 0.2) is 12.1 Å². The molecule has 15 nitrogen and oxygen atoms in total. The number of phenolic OH excluding ortho intramolecular Hbond substituents is 2. The molecule has 310 valence electrons. The Labute approximate surface area is 346 Å². The summed E-state index contributed by atoms with van der Waals surface area (Å²) in [6, 6.07) is 10.5. The van der Waals surface area contributed by atoms with Crippen LogP contribution in [0.15, 0.2) is 47.6 Å². The Kier molecular flexibility index (Phi) is 13.9. The number of fused-ring (bicyclic) bond motifs is 3. The molecular weight excluding hydrogens is 826 g/mol. The van der Waals surface area contributed by atoms with Gasteiger partial charge in [-0.05, 0) is 39.0 Å². The highest BCUT2D eigenvalue weighted by Crippen LogP contribution is 2.53. The van der Waals surface area contributed by atoms with E-state index in [1.54, 1.807) is 31.2 Å². The number of nitrogens with zero attached hydrogens (tertiary/aromatic N) is 2. The fourth-order valence-electron chi connectivity index (χ4n) is 7.36. The number of phenols is 2. The molecule has 3 aliphatic rings. The van der Waals surface area contributed by atoms with Crippen molar-refractivity contribution in [3.05, 3.63) is 81.4 Å². The molecule has 7 atom stereocenters. The third kappa shape index (κ3) is 8.51. The number of nitrogens with one attached hydrogen (secondary N) is 1. The number of aromatic hydroxyl groups is 2. The molecule has 2 aliphatic carbocycles. The number of aliphatic hydroxyl groups is 2. The minimum Gasteiger partial charge on any atom is -0.507 e. The first-order chi connectivity index (χ1) is 26.6. The number of aliphatic hydroxyl groups excluding tert-OH is 1. The molecule has 1 fully saturated rings. The van der Waals surface area contributed by atoms with Crippen molar-refractivity contribution in [2.75, 3.05) is 32.0 Å². The normalized spacial score (nSPS) is 25.4. The van der Waals surface area contributed by atoms with Crippen molar-refractivity contribution in [1.82, 2.24) is 9.87 Å². The summed E-state index contributed by atoms with van der Waals surface area (Å²) in [5, 5.41) is 53.8. The number of rotatable bonds is 13. The van der Waals surface area contributed by atoms with Gasteiger partial charge in [-0.3, -0.25) is 9.59 Å². The smallest absolute Gasteiger partial charge is 0.435 e. The third-order valence-corrected chi connectivity index (χ3v) is 12.8. The van der Waals surface area contributed by atoms with Gasteiger partial charge in [0.1, 0.15) is 28.6 Å². The molecule has 3 aromatic carbocycles. The summed E-state index contributed by atoms with van der Waals surface area (Å²) < 4.78 is 39.7. The predicted octanol–water partition coefficient (Wildman–Crippen LogP) is 5.10. The highest BCUT2D eigenvalue weighted by atomic mass is 35.5. The van der Waals surface area contributed by atoms with Gasteiger partial charge >= 0.3 is 7.67 Å². The van der Waals surface area contributed by atoms with E-state index in [0.717, 1.165) is 5.56 Å². The monoisotopic (exact) mass is 870 g/mol. The number of alkyl halides is 2. The zero-order chi connectivity index (χ0) is 40.7. The number of methoxy groups -OCH3 is 1. The van der Waals surface area contributed by atoms with Crippen molar-refractivity contribution in [3.63, 3.8) is 0 Å². The largest absolute Gasteiger partial charge is 0.507 e. The van der Waals surface area contributed by atoms with E-state index in [-0.39, 0.29) is 89.6 Å². The van der Waals surface area contributed by atoms with Crippen molar-refractivity contribution in [3.8, 4) is 23.0 Å². The number of halogens is 3. The molecule has 6 rings (SSSR count). The first kappa shape index (κ1) is 44.6. The molecule has 1 saturated heterocycles. The lowest BCUT2D eigenvalue weighted by atomic mass is 9.72. The van der Waals surface area contributed by atoms with Crippen LogP contribution in [0, 0.1) is 6.92 Å². The van der Waals surface area contributed by atoms with Gasteiger partial charge in [-0.15, -0.1) is 35.6 Å². The van der Waals surface area contributed by atoms with E-state index >= 15 is 0 Å². The maximum Gasteiger partial charge on any atom is 0.435 e. The molecule has 3 aromatic rings. The number of ether oxygens (including phenoxy) is 3. The number of carbonyl (C=O) groups excluding carboxylic acids is 2. The number of aryl methyl sites for hydroxylation is 1. The zero-order valence-electron chi connectivity index (χ0n) is 31.6. The van der Waals surface area contributed by atoms with Gasteiger partial charge in [-0.25, -0.2) is 14.4 Å². The van der Waals surface area contributed by atoms with E-state index in [1.807, 2.05) is 6.92 Å². The van der Waals surface area contributed by atoms with E-state index in [2.05, 4.69) is 10.3 Å². The highest BCUT2D eigenvalue weighted by molar-refractivity contribution is 7.54.